The van der Waals surface area contributed by atoms with Crippen LogP contribution < -0.4 is 0 Å². The highest BCUT2D eigenvalue weighted by molar-refractivity contribution is 5.71. The Labute approximate surface area is 388 Å². The van der Waals surface area contributed by atoms with Crippen LogP contribution in [0.25, 0.3) is 0 Å². The molecular weight excluding hydrogens is 781 g/mol. The molecule has 0 aromatic heterocycles. The van der Waals surface area contributed by atoms with E-state index in [1.165, 1.54) is 83.5 Å². The SMILES string of the molecule is CC\C=C/C=C\C=C/CCCCCCCC(=O)OCC(COC(=O)CCCCC/C=C\C/C=C\C/C=C\C/C=C\CC)OC(=O)CCCCCCCCCCCCCCCCCC. The van der Waals surface area contributed by atoms with Crippen molar-refractivity contribution in [1.82, 2.24) is 0 Å². The van der Waals surface area contributed by atoms with Crippen molar-refractivity contribution >= 4 is 17.9 Å². The molecule has 0 aromatic rings. The van der Waals surface area contributed by atoms with E-state index in [0.29, 0.717) is 19.3 Å². The van der Waals surface area contributed by atoms with Gasteiger partial charge in [0.15, 0.2) is 6.10 Å². The minimum Gasteiger partial charge on any atom is -0.462 e. The molecule has 360 valence electrons. The van der Waals surface area contributed by atoms with Gasteiger partial charge in [-0.2, -0.15) is 0 Å². The second-order valence-corrected chi connectivity index (χ2v) is 17.1. The lowest BCUT2D eigenvalue weighted by atomic mass is 10.0. The van der Waals surface area contributed by atoms with Crippen LogP contribution >= 0.6 is 0 Å². The van der Waals surface area contributed by atoms with E-state index in [2.05, 4.69) is 106 Å². The summed E-state index contributed by atoms with van der Waals surface area (Å²) in [6.07, 6.45) is 65.7. The first-order valence-corrected chi connectivity index (χ1v) is 26.1. The number of carbonyl (C=O) groups excluding carboxylic acids is 3. The van der Waals surface area contributed by atoms with Gasteiger partial charge in [-0.3, -0.25) is 14.4 Å². The predicted molar refractivity (Wildman–Crippen MR) is 270 cm³/mol. The van der Waals surface area contributed by atoms with Crippen molar-refractivity contribution in [3.63, 3.8) is 0 Å². The minimum absolute atomic E-state index is 0.0965. The van der Waals surface area contributed by atoms with Crippen LogP contribution in [0.4, 0.5) is 0 Å². The van der Waals surface area contributed by atoms with Crippen molar-refractivity contribution in [2.75, 3.05) is 13.2 Å². The van der Waals surface area contributed by atoms with E-state index in [-0.39, 0.29) is 31.1 Å². The molecule has 0 spiro atoms. The quantitative estimate of drug-likeness (QED) is 0.0199. The molecule has 6 nitrogen and oxygen atoms in total. The average molecular weight is 877 g/mol. The Morgan fingerprint density at radius 2 is 0.698 bits per heavy atom. The Bertz CT molecular complexity index is 1240. The van der Waals surface area contributed by atoms with Crippen molar-refractivity contribution in [2.45, 2.75) is 245 Å². The summed E-state index contributed by atoms with van der Waals surface area (Å²) in [5, 5.41) is 0. The van der Waals surface area contributed by atoms with Gasteiger partial charge in [0, 0.05) is 19.3 Å². The molecule has 6 heteroatoms. The zero-order valence-corrected chi connectivity index (χ0v) is 41.1. The van der Waals surface area contributed by atoms with Crippen molar-refractivity contribution in [3.8, 4) is 0 Å². The van der Waals surface area contributed by atoms with Crippen LogP contribution in [0.15, 0.2) is 85.1 Å². The lowest BCUT2D eigenvalue weighted by Crippen LogP contribution is -2.30. The number of esters is 3. The van der Waals surface area contributed by atoms with E-state index in [1.807, 2.05) is 0 Å². The van der Waals surface area contributed by atoms with Gasteiger partial charge in [0.05, 0.1) is 0 Å². The highest BCUT2D eigenvalue weighted by atomic mass is 16.6. The van der Waals surface area contributed by atoms with Gasteiger partial charge in [-0.25, -0.2) is 0 Å². The Morgan fingerprint density at radius 3 is 1.16 bits per heavy atom. The van der Waals surface area contributed by atoms with E-state index < -0.39 is 6.10 Å². The highest BCUT2D eigenvalue weighted by Gasteiger charge is 2.19. The number of ether oxygens (including phenoxy) is 3. The zero-order chi connectivity index (χ0) is 45.8. The number of hydrogen-bond donors (Lipinski definition) is 0. The molecule has 0 heterocycles. The minimum atomic E-state index is -0.796. The number of allylic oxidation sites excluding steroid dienone is 14. The molecule has 0 bridgehead atoms. The molecule has 0 saturated carbocycles. The van der Waals surface area contributed by atoms with Crippen molar-refractivity contribution in [1.29, 1.82) is 0 Å². The maximum atomic E-state index is 12.8. The molecule has 0 rings (SSSR count). The number of rotatable bonds is 46. The monoisotopic (exact) mass is 877 g/mol. The summed E-state index contributed by atoms with van der Waals surface area (Å²) in [4.78, 5) is 38.0. The van der Waals surface area contributed by atoms with Crippen molar-refractivity contribution < 1.29 is 28.6 Å². The fourth-order valence-corrected chi connectivity index (χ4v) is 7.08. The molecule has 1 atom stereocenters. The average Bonchev–Trinajstić information content (AvgIpc) is 3.28. The molecule has 63 heavy (non-hydrogen) atoms. The maximum Gasteiger partial charge on any atom is 0.306 e. The van der Waals surface area contributed by atoms with Gasteiger partial charge in [0.2, 0.25) is 0 Å². The van der Waals surface area contributed by atoms with Gasteiger partial charge in [-0.15, -0.1) is 0 Å². The van der Waals surface area contributed by atoms with Gasteiger partial charge in [-0.05, 0) is 77.0 Å². The number of carbonyl (C=O) groups is 3. The molecule has 0 saturated heterocycles. The molecule has 0 fully saturated rings. The molecule has 0 aliphatic carbocycles. The lowest BCUT2D eigenvalue weighted by Gasteiger charge is -2.18. The van der Waals surface area contributed by atoms with Crippen molar-refractivity contribution in [3.05, 3.63) is 85.1 Å². The Hall–Kier alpha value is -3.41. The first-order chi connectivity index (χ1) is 31.0. The van der Waals surface area contributed by atoms with Crippen LogP contribution in [0, 0.1) is 0 Å². The summed E-state index contributed by atoms with van der Waals surface area (Å²) in [5.41, 5.74) is 0. The number of unbranched alkanes of at least 4 members (excludes halogenated alkanes) is 23. The second kappa shape index (κ2) is 51.2. The smallest absolute Gasteiger partial charge is 0.306 e. The first-order valence-electron chi connectivity index (χ1n) is 26.1. The summed E-state index contributed by atoms with van der Waals surface area (Å²) >= 11 is 0. The highest BCUT2D eigenvalue weighted by Crippen LogP contribution is 2.15. The largest absolute Gasteiger partial charge is 0.462 e. The van der Waals surface area contributed by atoms with Gasteiger partial charge >= 0.3 is 17.9 Å². The number of hydrogen-bond acceptors (Lipinski definition) is 6. The molecule has 0 aliphatic rings. The van der Waals surface area contributed by atoms with Crippen LogP contribution in [0.2, 0.25) is 0 Å². The van der Waals surface area contributed by atoms with Gasteiger partial charge in [0.1, 0.15) is 13.2 Å². The summed E-state index contributed by atoms with van der Waals surface area (Å²) in [6, 6.07) is 0. The maximum absolute atomic E-state index is 12.8. The zero-order valence-electron chi connectivity index (χ0n) is 41.1. The predicted octanol–water partition coefficient (Wildman–Crippen LogP) is 17.2. The van der Waals surface area contributed by atoms with Crippen molar-refractivity contribution in [2.24, 2.45) is 0 Å². The summed E-state index contributed by atoms with van der Waals surface area (Å²) in [5.74, 6) is -0.944. The third-order valence-electron chi connectivity index (χ3n) is 11.0. The van der Waals surface area contributed by atoms with Crippen LogP contribution in [0.5, 0.6) is 0 Å². The second-order valence-electron chi connectivity index (χ2n) is 17.1. The van der Waals surface area contributed by atoms with Gasteiger partial charge in [0.25, 0.3) is 0 Å². The fraction of sp³-hybridized carbons (Fsp3) is 0.702. The van der Waals surface area contributed by atoms with Crippen LogP contribution in [-0.2, 0) is 28.6 Å². The molecule has 0 aliphatic heterocycles. The van der Waals surface area contributed by atoms with Crippen LogP contribution in [0.3, 0.4) is 0 Å². The Balaban J connectivity index is 4.45. The Morgan fingerprint density at radius 1 is 0.349 bits per heavy atom. The Kier molecular flexibility index (Phi) is 48.5. The first kappa shape index (κ1) is 59.6. The van der Waals surface area contributed by atoms with E-state index >= 15 is 0 Å². The fourth-order valence-electron chi connectivity index (χ4n) is 7.08. The molecular formula is C57H96O6. The molecule has 1 unspecified atom stereocenters. The third kappa shape index (κ3) is 49.5. The van der Waals surface area contributed by atoms with Gasteiger partial charge < -0.3 is 14.2 Å². The third-order valence-corrected chi connectivity index (χ3v) is 11.0. The summed E-state index contributed by atoms with van der Waals surface area (Å²) in [7, 11) is 0. The standard InChI is InChI=1S/C57H96O6/c1-4-7-10-13-16-19-22-25-27-29-32-35-38-41-44-47-50-56(59)62-53-54(52-61-55(58)49-46-43-40-37-34-31-24-21-18-15-12-9-6-3)63-57(60)51-48-45-42-39-36-33-30-28-26-23-20-17-14-11-8-5-2/h7,9-10,12,15-16,18-19,21,24-25,27,32,35,54H,4-6,8,11,13-14,17,20,22-23,26,28-31,33-34,36-53H2,1-3H3/b10-7-,12-9-,18-15-,19-16-,24-21-,27-25-,35-32-. The van der Waals surface area contributed by atoms with Crippen LogP contribution in [-0.4, -0.2) is 37.2 Å². The summed E-state index contributed by atoms with van der Waals surface area (Å²) in [6.45, 7) is 6.35. The van der Waals surface area contributed by atoms with E-state index in [9.17, 15) is 14.4 Å². The van der Waals surface area contributed by atoms with E-state index in [4.69, 9.17) is 14.2 Å². The molecule has 0 aromatic carbocycles. The van der Waals surface area contributed by atoms with Crippen LogP contribution in [0.1, 0.15) is 239 Å². The lowest BCUT2D eigenvalue weighted by molar-refractivity contribution is -0.167. The molecule has 0 amide bonds. The molecule has 0 N–H and O–H groups in total. The van der Waals surface area contributed by atoms with Gasteiger partial charge in [-0.1, -0.05) is 228 Å². The van der Waals surface area contributed by atoms with E-state index in [0.717, 1.165) is 116 Å². The summed E-state index contributed by atoms with van der Waals surface area (Å²) < 4.78 is 16.8. The topological polar surface area (TPSA) is 78.9 Å². The normalized spacial score (nSPS) is 12.7. The van der Waals surface area contributed by atoms with E-state index in [1.54, 1.807) is 0 Å². The molecule has 0 radical (unpaired) electrons.